The Labute approximate surface area is 197 Å². The summed E-state index contributed by atoms with van der Waals surface area (Å²) in [5.74, 6) is 6.67. The Hall–Kier alpha value is -2.33. The van der Waals surface area contributed by atoms with Gasteiger partial charge in [-0.2, -0.15) is 0 Å². The van der Waals surface area contributed by atoms with E-state index in [-0.39, 0.29) is 11.4 Å². The van der Waals surface area contributed by atoms with E-state index in [1.807, 2.05) is 22.6 Å². The van der Waals surface area contributed by atoms with Crippen molar-refractivity contribution in [3.8, 4) is 24.2 Å². The molecule has 0 amide bonds. The first kappa shape index (κ1) is 28.7. The maximum absolute atomic E-state index is 13.6. The highest BCUT2D eigenvalue weighted by atomic mass is 127. The minimum absolute atomic E-state index is 0.208. The molecule has 31 heavy (non-hydrogen) atoms. The summed E-state index contributed by atoms with van der Waals surface area (Å²) in [6.45, 7) is 9.48. The van der Waals surface area contributed by atoms with E-state index < -0.39 is 17.0 Å². The van der Waals surface area contributed by atoms with Crippen LogP contribution >= 0.6 is 22.6 Å². The Morgan fingerprint density at radius 1 is 0.871 bits per heavy atom. The van der Waals surface area contributed by atoms with Crippen molar-refractivity contribution >= 4 is 34.0 Å². The van der Waals surface area contributed by atoms with Crippen LogP contribution in [0.2, 0.25) is 0 Å². The average Bonchev–Trinajstić information content (AvgIpc) is 2.66. The van der Waals surface area contributed by atoms with Crippen LogP contribution in [0, 0.1) is 53.2 Å². The van der Waals surface area contributed by atoms with Crippen LogP contribution in [0.4, 0.5) is 20.2 Å². The lowest BCUT2D eigenvalue weighted by atomic mass is 10.1. The summed E-state index contributed by atoms with van der Waals surface area (Å²) in [7, 11) is 0. The minimum Gasteiger partial charge on any atom is -0.398 e. The number of nitrogen functional groups attached to an aromatic ring is 2. The molecule has 0 aliphatic rings. The van der Waals surface area contributed by atoms with Gasteiger partial charge in [0, 0.05) is 26.1 Å². The fraction of sp³-hybridized carbons (Fsp3) is 0.333. The van der Waals surface area contributed by atoms with Gasteiger partial charge < -0.3 is 21.7 Å². The third-order valence-electron chi connectivity index (χ3n) is 3.67. The van der Waals surface area contributed by atoms with Crippen LogP contribution in [0.5, 0.6) is 0 Å². The van der Waals surface area contributed by atoms with Crippen molar-refractivity contribution in [2.24, 2.45) is 0 Å². The largest absolute Gasteiger partial charge is 0.398 e. The Kier molecular flexibility index (Phi) is 11.0. The molecule has 2 aromatic carbocycles. The molecule has 0 spiro atoms. The predicted molar refractivity (Wildman–Crippen MR) is 132 cm³/mol. The molecule has 0 aliphatic heterocycles. The molecule has 0 unspecified atom stereocenters. The molecule has 0 aromatic heterocycles. The van der Waals surface area contributed by atoms with Gasteiger partial charge in [-0.1, -0.05) is 17.8 Å². The Morgan fingerprint density at radius 2 is 1.29 bits per heavy atom. The summed E-state index contributed by atoms with van der Waals surface area (Å²) in [5.41, 5.74) is 11.0. The topological polar surface area (TPSA) is 92.5 Å². The number of hydrogen-bond donors (Lipinski definition) is 4. The molecule has 0 bridgehead atoms. The third-order valence-corrected chi connectivity index (χ3v) is 4.50. The first-order valence-corrected chi connectivity index (χ1v) is 10.3. The van der Waals surface area contributed by atoms with E-state index in [1.54, 1.807) is 59.7 Å². The molecular formula is C24H29F2IN2O2. The number of rotatable bonds is 0. The van der Waals surface area contributed by atoms with Crippen LogP contribution in [0.15, 0.2) is 24.3 Å². The van der Waals surface area contributed by atoms with Gasteiger partial charge >= 0.3 is 0 Å². The molecule has 0 fully saturated rings. The van der Waals surface area contributed by atoms with Crippen LogP contribution in [0.1, 0.15) is 44.4 Å². The molecule has 168 valence electrons. The molecule has 0 atom stereocenters. The normalized spacial score (nSPS) is 10.4. The van der Waals surface area contributed by atoms with Crippen LogP contribution in [-0.4, -0.2) is 21.4 Å². The van der Waals surface area contributed by atoms with Crippen LogP contribution in [-0.2, 0) is 0 Å². The van der Waals surface area contributed by atoms with Gasteiger partial charge in [-0.3, -0.25) is 0 Å². The lowest BCUT2D eigenvalue weighted by Crippen LogP contribution is -2.14. The van der Waals surface area contributed by atoms with Gasteiger partial charge in [0.15, 0.2) is 0 Å². The first-order chi connectivity index (χ1) is 14.0. The van der Waals surface area contributed by atoms with E-state index in [2.05, 4.69) is 17.8 Å². The lowest BCUT2D eigenvalue weighted by molar-refractivity contribution is 0.143. The molecule has 0 heterocycles. The van der Waals surface area contributed by atoms with Crippen LogP contribution < -0.4 is 11.5 Å². The number of anilines is 2. The van der Waals surface area contributed by atoms with E-state index in [9.17, 15) is 13.9 Å². The summed E-state index contributed by atoms with van der Waals surface area (Å²) >= 11 is 1.94. The van der Waals surface area contributed by atoms with Crippen molar-refractivity contribution in [1.82, 2.24) is 0 Å². The van der Waals surface area contributed by atoms with Gasteiger partial charge in [-0.25, -0.2) is 8.78 Å². The highest BCUT2D eigenvalue weighted by Crippen LogP contribution is 2.19. The van der Waals surface area contributed by atoms with Crippen molar-refractivity contribution in [1.29, 1.82) is 0 Å². The highest BCUT2D eigenvalue weighted by Gasteiger charge is 2.09. The summed E-state index contributed by atoms with van der Waals surface area (Å²) in [4.78, 5) is 0. The summed E-state index contributed by atoms with van der Waals surface area (Å²) in [6.07, 6.45) is 4.81. The monoisotopic (exact) mass is 542 g/mol. The van der Waals surface area contributed by atoms with Crippen molar-refractivity contribution in [3.05, 3.63) is 56.2 Å². The van der Waals surface area contributed by atoms with Gasteiger partial charge in [0.1, 0.15) is 22.8 Å². The smallest absolute Gasteiger partial charge is 0.143 e. The number of terminal acetylenes is 1. The van der Waals surface area contributed by atoms with Crippen molar-refractivity contribution < 1.29 is 19.0 Å². The standard InChI is InChI=1S/C12H14FNO.C7H7FIN.C5H8O/c1-8-10(14)5-4-9(11(8)13)6-7-12(2,3)15;1-4-6(10)3-2-5(9)7(4)8;1-4-5(2,3)6/h4-5,15H,14H2,1-3H3;2-3H,10H2,1H3;1,6H,2-3H3. The predicted octanol–water partition coefficient (Wildman–Crippen LogP) is 4.55. The van der Waals surface area contributed by atoms with E-state index in [0.29, 0.717) is 26.1 Å². The number of hydrogen-bond acceptors (Lipinski definition) is 4. The number of benzene rings is 2. The van der Waals surface area contributed by atoms with E-state index in [4.69, 9.17) is 23.0 Å². The molecule has 0 saturated heterocycles. The van der Waals surface area contributed by atoms with Gasteiger partial charge in [0.25, 0.3) is 0 Å². The molecule has 0 saturated carbocycles. The molecule has 0 radical (unpaired) electrons. The summed E-state index contributed by atoms with van der Waals surface area (Å²) in [6, 6.07) is 6.49. The number of nitrogens with two attached hydrogens (primary N) is 2. The van der Waals surface area contributed by atoms with Gasteiger partial charge in [-0.15, -0.1) is 6.42 Å². The molecule has 4 nitrogen and oxygen atoms in total. The number of aliphatic hydroxyl groups is 2. The molecule has 7 heteroatoms. The Bertz CT molecular complexity index is 979. The highest BCUT2D eigenvalue weighted by molar-refractivity contribution is 14.1. The summed E-state index contributed by atoms with van der Waals surface area (Å²) < 4.78 is 27.1. The molecule has 2 rings (SSSR count). The zero-order chi connectivity index (χ0) is 24.6. The van der Waals surface area contributed by atoms with E-state index >= 15 is 0 Å². The maximum atomic E-state index is 13.6. The third kappa shape index (κ3) is 11.0. The maximum Gasteiger partial charge on any atom is 0.143 e. The van der Waals surface area contributed by atoms with Crippen molar-refractivity contribution in [3.63, 3.8) is 0 Å². The molecule has 6 N–H and O–H groups in total. The van der Waals surface area contributed by atoms with Gasteiger partial charge in [0.2, 0.25) is 0 Å². The van der Waals surface area contributed by atoms with Crippen molar-refractivity contribution in [2.45, 2.75) is 52.7 Å². The zero-order valence-electron chi connectivity index (χ0n) is 18.6. The Morgan fingerprint density at radius 3 is 1.68 bits per heavy atom. The minimum atomic E-state index is -1.12. The van der Waals surface area contributed by atoms with Crippen LogP contribution in [0.3, 0.4) is 0 Å². The Balaban J connectivity index is 0.000000484. The van der Waals surface area contributed by atoms with Crippen LogP contribution in [0.25, 0.3) is 0 Å². The average molecular weight is 542 g/mol. The fourth-order valence-corrected chi connectivity index (χ4v) is 2.27. The quantitative estimate of drug-likeness (QED) is 0.223. The SMILES string of the molecule is C#CC(C)(C)O.Cc1c(N)ccc(C#CC(C)(C)O)c1F.Cc1c(N)ccc(I)c1F. The number of halogens is 3. The lowest BCUT2D eigenvalue weighted by Gasteiger charge is -2.07. The molecule has 0 aliphatic carbocycles. The second-order valence-corrected chi connectivity index (χ2v) is 8.89. The van der Waals surface area contributed by atoms with E-state index in [0.717, 1.165) is 0 Å². The second-order valence-electron chi connectivity index (χ2n) is 7.73. The van der Waals surface area contributed by atoms with Crippen molar-refractivity contribution in [2.75, 3.05) is 11.5 Å². The second kappa shape index (κ2) is 11.9. The van der Waals surface area contributed by atoms with E-state index in [1.165, 1.54) is 6.07 Å². The summed E-state index contributed by atoms with van der Waals surface area (Å²) in [5, 5.41) is 18.0. The molecular weight excluding hydrogens is 513 g/mol. The first-order valence-electron chi connectivity index (χ1n) is 9.20. The molecule has 2 aromatic rings. The van der Waals surface area contributed by atoms with Gasteiger partial charge in [-0.05, 0) is 88.4 Å². The van der Waals surface area contributed by atoms with Gasteiger partial charge in [0.05, 0.1) is 5.56 Å². The zero-order valence-corrected chi connectivity index (χ0v) is 20.7. The fourth-order valence-electron chi connectivity index (χ4n) is 1.68.